The summed E-state index contributed by atoms with van der Waals surface area (Å²) >= 11 is 0. The summed E-state index contributed by atoms with van der Waals surface area (Å²) in [6, 6.07) is 12.0. The molecule has 2 aromatic rings. The highest BCUT2D eigenvalue weighted by Crippen LogP contribution is 2.37. The van der Waals surface area contributed by atoms with Crippen molar-refractivity contribution < 1.29 is 9.59 Å². The van der Waals surface area contributed by atoms with Crippen LogP contribution in [0, 0.1) is 5.92 Å². The van der Waals surface area contributed by atoms with E-state index in [4.69, 9.17) is 0 Å². The Bertz CT molecular complexity index is 778. The highest BCUT2D eigenvalue weighted by Gasteiger charge is 2.34. The molecule has 1 aliphatic rings. The molecule has 0 radical (unpaired) electrons. The summed E-state index contributed by atoms with van der Waals surface area (Å²) in [5, 5.41) is 13.1. The lowest BCUT2D eigenvalue weighted by Crippen LogP contribution is -2.45. The molecule has 1 saturated carbocycles. The summed E-state index contributed by atoms with van der Waals surface area (Å²) in [7, 11) is 0. The van der Waals surface area contributed by atoms with E-state index in [1.807, 2.05) is 57.2 Å². The SMILES string of the molecule is CCC(C(=O)NC1CC(c2cc(NC(=O)C(C)C)n[nH]2)C1)c1ccccc1. The molecular weight excluding hydrogens is 340 g/mol. The number of amides is 2. The molecule has 0 bridgehead atoms. The summed E-state index contributed by atoms with van der Waals surface area (Å²) in [5.74, 6) is 0.774. The Labute approximate surface area is 160 Å². The number of nitrogens with one attached hydrogen (secondary N) is 3. The van der Waals surface area contributed by atoms with Crippen LogP contribution in [0.5, 0.6) is 0 Å². The van der Waals surface area contributed by atoms with E-state index < -0.39 is 0 Å². The molecule has 3 rings (SSSR count). The Hall–Kier alpha value is -2.63. The number of carbonyl (C=O) groups excluding carboxylic acids is 2. The molecule has 0 aliphatic heterocycles. The number of anilines is 1. The number of nitrogens with zero attached hydrogens (tertiary/aromatic N) is 1. The zero-order valence-electron chi connectivity index (χ0n) is 16.2. The molecule has 0 spiro atoms. The minimum Gasteiger partial charge on any atom is -0.353 e. The summed E-state index contributed by atoms with van der Waals surface area (Å²) in [6.45, 7) is 5.74. The van der Waals surface area contributed by atoms with Crippen molar-refractivity contribution >= 4 is 17.6 Å². The molecule has 1 fully saturated rings. The Morgan fingerprint density at radius 3 is 2.52 bits per heavy atom. The van der Waals surface area contributed by atoms with Crippen molar-refractivity contribution in [2.24, 2.45) is 5.92 Å². The van der Waals surface area contributed by atoms with Gasteiger partial charge in [0.2, 0.25) is 11.8 Å². The summed E-state index contributed by atoms with van der Waals surface area (Å²) in [6.07, 6.45) is 2.55. The molecule has 1 atom stereocenters. The van der Waals surface area contributed by atoms with Crippen molar-refractivity contribution in [1.29, 1.82) is 0 Å². The van der Waals surface area contributed by atoms with Crippen LogP contribution in [0.3, 0.4) is 0 Å². The van der Waals surface area contributed by atoms with E-state index in [1.54, 1.807) is 0 Å². The first-order chi connectivity index (χ1) is 13.0. The molecule has 1 aromatic carbocycles. The molecule has 6 heteroatoms. The van der Waals surface area contributed by atoms with Crippen LogP contribution in [-0.2, 0) is 9.59 Å². The predicted molar refractivity (Wildman–Crippen MR) is 105 cm³/mol. The second-order valence-electron chi connectivity index (χ2n) is 7.60. The third-order valence-electron chi connectivity index (χ3n) is 5.22. The first kappa shape index (κ1) is 19.1. The highest BCUT2D eigenvalue weighted by molar-refractivity contribution is 5.91. The predicted octanol–water partition coefficient (Wildman–Crippen LogP) is 3.56. The van der Waals surface area contributed by atoms with Gasteiger partial charge >= 0.3 is 0 Å². The lowest BCUT2D eigenvalue weighted by molar-refractivity contribution is -0.124. The molecule has 0 saturated heterocycles. The van der Waals surface area contributed by atoms with Crippen LogP contribution in [0.2, 0.25) is 0 Å². The number of hydrogen-bond acceptors (Lipinski definition) is 3. The van der Waals surface area contributed by atoms with Gasteiger partial charge in [0.05, 0.1) is 5.92 Å². The molecule has 1 aromatic heterocycles. The van der Waals surface area contributed by atoms with E-state index in [2.05, 4.69) is 20.8 Å². The average molecular weight is 368 g/mol. The highest BCUT2D eigenvalue weighted by atomic mass is 16.2. The molecule has 2 amide bonds. The van der Waals surface area contributed by atoms with Gasteiger partial charge in [0.15, 0.2) is 5.82 Å². The number of aromatic amines is 1. The van der Waals surface area contributed by atoms with Crippen LogP contribution in [0.15, 0.2) is 36.4 Å². The summed E-state index contributed by atoms with van der Waals surface area (Å²) in [5.41, 5.74) is 2.07. The second-order valence-corrected chi connectivity index (χ2v) is 7.60. The average Bonchev–Trinajstić information content (AvgIpc) is 3.07. The van der Waals surface area contributed by atoms with Crippen molar-refractivity contribution in [1.82, 2.24) is 15.5 Å². The molecule has 1 heterocycles. The van der Waals surface area contributed by atoms with Gasteiger partial charge < -0.3 is 10.6 Å². The molecular formula is C21H28N4O2. The number of carbonyl (C=O) groups is 2. The van der Waals surface area contributed by atoms with E-state index in [0.29, 0.717) is 11.7 Å². The Balaban J connectivity index is 1.50. The maximum absolute atomic E-state index is 12.6. The zero-order chi connectivity index (χ0) is 19.4. The van der Waals surface area contributed by atoms with Gasteiger partial charge in [0, 0.05) is 29.6 Å². The van der Waals surface area contributed by atoms with Gasteiger partial charge in [-0.1, -0.05) is 51.1 Å². The fraction of sp³-hybridized carbons (Fsp3) is 0.476. The summed E-state index contributed by atoms with van der Waals surface area (Å²) < 4.78 is 0. The quantitative estimate of drug-likeness (QED) is 0.698. The van der Waals surface area contributed by atoms with E-state index in [1.165, 1.54) is 0 Å². The standard InChI is InChI=1S/C21H28N4O2/c1-4-17(14-8-6-5-7-9-14)21(27)22-16-10-15(11-16)18-12-19(25-24-18)23-20(26)13(2)3/h5-9,12-13,15-17H,4,10-11H2,1-3H3,(H,22,27)(H2,23,24,25,26). The topological polar surface area (TPSA) is 86.9 Å². The Morgan fingerprint density at radius 2 is 1.89 bits per heavy atom. The number of hydrogen-bond donors (Lipinski definition) is 3. The first-order valence-corrected chi connectivity index (χ1v) is 9.69. The van der Waals surface area contributed by atoms with Crippen LogP contribution >= 0.6 is 0 Å². The van der Waals surface area contributed by atoms with Gasteiger partial charge in [-0.3, -0.25) is 14.7 Å². The lowest BCUT2D eigenvalue weighted by atomic mass is 9.78. The summed E-state index contributed by atoms with van der Waals surface area (Å²) in [4.78, 5) is 24.4. The van der Waals surface area contributed by atoms with Crippen molar-refractivity contribution in [2.75, 3.05) is 5.32 Å². The van der Waals surface area contributed by atoms with Crippen LogP contribution in [0.4, 0.5) is 5.82 Å². The van der Waals surface area contributed by atoms with Gasteiger partial charge in [-0.15, -0.1) is 0 Å². The van der Waals surface area contributed by atoms with E-state index in [0.717, 1.165) is 30.5 Å². The third kappa shape index (κ3) is 4.56. The smallest absolute Gasteiger partial charge is 0.228 e. The van der Waals surface area contributed by atoms with Crippen molar-refractivity contribution in [2.45, 2.75) is 57.9 Å². The molecule has 1 unspecified atom stereocenters. The molecule has 27 heavy (non-hydrogen) atoms. The van der Waals surface area contributed by atoms with Crippen molar-refractivity contribution in [3.63, 3.8) is 0 Å². The van der Waals surface area contributed by atoms with Crippen LogP contribution in [0.1, 0.15) is 63.1 Å². The van der Waals surface area contributed by atoms with Gasteiger partial charge in [0.1, 0.15) is 0 Å². The van der Waals surface area contributed by atoms with Crippen LogP contribution in [0.25, 0.3) is 0 Å². The number of rotatable bonds is 7. The van der Waals surface area contributed by atoms with Gasteiger partial charge in [-0.05, 0) is 24.8 Å². The maximum atomic E-state index is 12.6. The molecule has 3 N–H and O–H groups in total. The van der Waals surface area contributed by atoms with E-state index in [-0.39, 0.29) is 29.7 Å². The van der Waals surface area contributed by atoms with Crippen LogP contribution < -0.4 is 10.6 Å². The zero-order valence-corrected chi connectivity index (χ0v) is 16.2. The minimum atomic E-state index is -0.102. The van der Waals surface area contributed by atoms with Gasteiger partial charge in [0.25, 0.3) is 0 Å². The number of H-pyrrole nitrogens is 1. The largest absolute Gasteiger partial charge is 0.353 e. The van der Waals surface area contributed by atoms with E-state index >= 15 is 0 Å². The maximum Gasteiger partial charge on any atom is 0.228 e. The first-order valence-electron chi connectivity index (χ1n) is 9.69. The van der Waals surface area contributed by atoms with Crippen LogP contribution in [-0.4, -0.2) is 28.1 Å². The fourth-order valence-corrected chi connectivity index (χ4v) is 3.43. The third-order valence-corrected chi connectivity index (χ3v) is 5.22. The van der Waals surface area contributed by atoms with Crippen molar-refractivity contribution in [3.05, 3.63) is 47.7 Å². The number of benzene rings is 1. The van der Waals surface area contributed by atoms with Crippen molar-refractivity contribution in [3.8, 4) is 0 Å². The molecule has 1 aliphatic carbocycles. The normalized spacial score (nSPS) is 20.0. The van der Waals surface area contributed by atoms with Gasteiger partial charge in [-0.2, -0.15) is 5.10 Å². The second kappa shape index (κ2) is 8.37. The Morgan fingerprint density at radius 1 is 1.19 bits per heavy atom. The lowest BCUT2D eigenvalue weighted by Gasteiger charge is -2.36. The minimum absolute atomic E-state index is 0.0432. The molecule has 144 valence electrons. The van der Waals surface area contributed by atoms with E-state index in [9.17, 15) is 9.59 Å². The fourth-order valence-electron chi connectivity index (χ4n) is 3.43. The molecule has 6 nitrogen and oxygen atoms in total. The Kier molecular flexibility index (Phi) is 5.94. The monoisotopic (exact) mass is 368 g/mol. The van der Waals surface area contributed by atoms with Gasteiger partial charge in [-0.25, -0.2) is 0 Å². The number of aromatic nitrogens is 2.